The van der Waals surface area contributed by atoms with Gasteiger partial charge in [0.25, 0.3) is 0 Å². The van der Waals surface area contributed by atoms with E-state index in [0.717, 1.165) is 0 Å². The molecule has 0 aromatic carbocycles. The van der Waals surface area contributed by atoms with Gasteiger partial charge in [0, 0.05) is 32.4 Å². The van der Waals surface area contributed by atoms with Gasteiger partial charge in [-0.15, -0.1) is 12.3 Å². The molecule has 78 valence electrons. The molecule has 1 saturated heterocycles. The summed E-state index contributed by atoms with van der Waals surface area (Å²) in [5.74, 6) is 2.33. The molecule has 4 heteroatoms. The van der Waals surface area contributed by atoms with Crippen LogP contribution in [0.1, 0.15) is 19.3 Å². The van der Waals surface area contributed by atoms with Gasteiger partial charge in [0.2, 0.25) is 0 Å². The molecule has 0 saturated carbocycles. The van der Waals surface area contributed by atoms with Gasteiger partial charge in [-0.1, -0.05) is 0 Å². The van der Waals surface area contributed by atoms with E-state index >= 15 is 0 Å². The minimum atomic E-state index is -1.29. The topological polar surface area (TPSA) is 29.5 Å². The van der Waals surface area contributed by atoms with Crippen LogP contribution in [0.3, 0.4) is 0 Å². The van der Waals surface area contributed by atoms with E-state index in [1.165, 1.54) is 12.0 Å². The van der Waals surface area contributed by atoms with Crippen LogP contribution in [0.5, 0.6) is 0 Å². The molecular weight excluding hydrogens is 185 g/mol. The van der Waals surface area contributed by atoms with Crippen molar-refractivity contribution in [2.24, 2.45) is 0 Å². The number of terminal acetylenes is 1. The summed E-state index contributed by atoms with van der Waals surface area (Å²) in [5, 5.41) is 0. The summed E-state index contributed by atoms with van der Waals surface area (Å²) in [7, 11) is 1.32. The van der Waals surface area contributed by atoms with E-state index in [1.54, 1.807) is 0 Å². The first-order valence-electron chi connectivity index (χ1n) is 4.56. The monoisotopic (exact) mass is 199 g/mol. The van der Waals surface area contributed by atoms with E-state index in [1.807, 2.05) is 0 Å². The number of piperidine rings is 1. The minimum absolute atomic E-state index is 0.127. The average Bonchev–Trinajstić information content (AvgIpc) is 2.18. The number of methoxy groups -OCH3 is 1. The molecule has 0 radical (unpaired) electrons. The van der Waals surface area contributed by atoms with Crippen LogP contribution in [-0.4, -0.2) is 36.9 Å². The Labute approximate surface area is 83.2 Å². The molecule has 1 rings (SSSR count). The Kier molecular flexibility index (Phi) is 3.34. The lowest BCUT2D eigenvalue weighted by molar-refractivity contribution is 0.0539. The van der Waals surface area contributed by atoms with Crippen molar-refractivity contribution in [1.29, 1.82) is 0 Å². The Balaban J connectivity index is 2.46. The van der Waals surface area contributed by atoms with Gasteiger partial charge in [-0.2, -0.15) is 0 Å². The van der Waals surface area contributed by atoms with Gasteiger partial charge >= 0.3 is 6.09 Å². The number of ether oxygens (including phenoxy) is 1. The Morgan fingerprint density at radius 1 is 1.64 bits per heavy atom. The standard InChI is InChI=1S/C10H14FNO2/c1-3-4-10(11)5-7-12(8-6-10)9(13)14-2/h1H,4-8H2,2H3. The number of hydrogen-bond donors (Lipinski definition) is 0. The van der Waals surface area contributed by atoms with Crippen molar-refractivity contribution in [2.45, 2.75) is 24.9 Å². The largest absolute Gasteiger partial charge is 0.453 e. The van der Waals surface area contributed by atoms with Crippen LogP contribution in [0, 0.1) is 12.3 Å². The molecular formula is C10H14FNO2. The number of carbonyl (C=O) groups is 1. The summed E-state index contributed by atoms with van der Waals surface area (Å²) >= 11 is 0. The third-order valence-corrected chi connectivity index (χ3v) is 2.51. The van der Waals surface area contributed by atoms with Crippen LogP contribution in [0.2, 0.25) is 0 Å². The first-order chi connectivity index (χ1) is 6.61. The fourth-order valence-electron chi connectivity index (χ4n) is 1.58. The number of nitrogens with zero attached hydrogens (tertiary/aromatic N) is 1. The lowest BCUT2D eigenvalue weighted by Crippen LogP contribution is -2.44. The number of rotatable bonds is 1. The zero-order valence-electron chi connectivity index (χ0n) is 8.25. The molecule has 1 heterocycles. The second kappa shape index (κ2) is 4.32. The van der Waals surface area contributed by atoms with Crippen molar-refractivity contribution in [3.8, 4) is 12.3 Å². The highest BCUT2D eigenvalue weighted by molar-refractivity contribution is 5.67. The number of amides is 1. The van der Waals surface area contributed by atoms with Gasteiger partial charge in [0.05, 0.1) is 7.11 Å². The number of halogens is 1. The van der Waals surface area contributed by atoms with E-state index < -0.39 is 11.8 Å². The van der Waals surface area contributed by atoms with Crippen LogP contribution >= 0.6 is 0 Å². The lowest BCUT2D eigenvalue weighted by atomic mass is 9.91. The van der Waals surface area contributed by atoms with Gasteiger partial charge in [-0.3, -0.25) is 0 Å². The van der Waals surface area contributed by atoms with Crippen molar-refractivity contribution >= 4 is 6.09 Å². The van der Waals surface area contributed by atoms with E-state index in [-0.39, 0.29) is 6.42 Å². The molecule has 0 aromatic rings. The molecule has 1 aliphatic heterocycles. The van der Waals surface area contributed by atoms with E-state index in [0.29, 0.717) is 25.9 Å². The zero-order valence-corrected chi connectivity index (χ0v) is 8.25. The van der Waals surface area contributed by atoms with Crippen LogP contribution in [0.25, 0.3) is 0 Å². The summed E-state index contributed by atoms with van der Waals surface area (Å²) in [6.07, 6.45) is 5.40. The lowest BCUT2D eigenvalue weighted by Gasteiger charge is -2.34. The van der Waals surface area contributed by atoms with Crippen molar-refractivity contribution in [3.05, 3.63) is 0 Å². The quantitative estimate of drug-likeness (QED) is 0.600. The summed E-state index contributed by atoms with van der Waals surface area (Å²) in [6.45, 7) is 0.760. The second-order valence-electron chi connectivity index (χ2n) is 3.49. The average molecular weight is 199 g/mol. The molecule has 14 heavy (non-hydrogen) atoms. The Morgan fingerprint density at radius 2 is 2.21 bits per heavy atom. The fraction of sp³-hybridized carbons (Fsp3) is 0.700. The minimum Gasteiger partial charge on any atom is -0.453 e. The highest BCUT2D eigenvalue weighted by Crippen LogP contribution is 2.29. The highest BCUT2D eigenvalue weighted by atomic mass is 19.1. The second-order valence-corrected chi connectivity index (χ2v) is 3.49. The van der Waals surface area contributed by atoms with Crippen molar-refractivity contribution in [2.75, 3.05) is 20.2 Å². The van der Waals surface area contributed by atoms with Crippen molar-refractivity contribution in [3.63, 3.8) is 0 Å². The Morgan fingerprint density at radius 3 is 2.64 bits per heavy atom. The van der Waals surface area contributed by atoms with E-state index in [2.05, 4.69) is 10.7 Å². The van der Waals surface area contributed by atoms with Crippen LogP contribution in [0.15, 0.2) is 0 Å². The SMILES string of the molecule is C#CCC1(F)CCN(C(=O)OC)CC1. The molecule has 1 amide bonds. The summed E-state index contributed by atoms with van der Waals surface area (Å²) in [6, 6.07) is 0. The third-order valence-electron chi connectivity index (χ3n) is 2.51. The Hall–Kier alpha value is -1.24. The van der Waals surface area contributed by atoms with Crippen LogP contribution in [-0.2, 0) is 4.74 Å². The van der Waals surface area contributed by atoms with Gasteiger partial charge in [-0.25, -0.2) is 9.18 Å². The highest BCUT2D eigenvalue weighted by Gasteiger charge is 2.35. The summed E-state index contributed by atoms with van der Waals surface area (Å²) < 4.78 is 18.3. The van der Waals surface area contributed by atoms with E-state index in [9.17, 15) is 9.18 Å². The summed E-state index contributed by atoms with van der Waals surface area (Å²) in [4.78, 5) is 12.6. The molecule has 0 atom stereocenters. The molecule has 3 nitrogen and oxygen atoms in total. The maximum atomic E-state index is 13.8. The van der Waals surface area contributed by atoms with E-state index in [4.69, 9.17) is 6.42 Å². The maximum Gasteiger partial charge on any atom is 0.409 e. The van der Waals surface area contributed by atoms with Gasteiger partial charge in [0.15, 0.2) is 0 Å². The Bertz CT molecular complexity index is 251. The van der Waals surface area contributed by atoms with Crippen LogP contribution in [0.4, 0.5) is 9.18 Å². The number of likely N-dealkylation sites (tertiary alicyclic amines) is 1. The number of hydrogen-bond acceptors (Lipinski definition) is 2. The first-order valence-corrected chi connectivity index (χ1v) is 4.56. The molecule has 0 unspecified atom stereocenters. The molecule has 0 spiro atoms. The molecule has 0 bridgehead atoms. The summed E-state index contributed by atoms with van der Waals surface area (Å²) in [5.41, 5.74) is -1.29. The molecule has 0 aliphatic carbocycles. The number of alkyl halides is 1. The molecule has 0 N–H and O–H groups in total. The normalized spacial score (nSPS) is 19.9. The van der Waals surface area contributed by atoms with Gasteiger partial charge < -0.3 is 9.64 Å². The van der Waals surface area contributed by atoms with Crippen molar-refractivity contribution in [1.82, 2.24) is 4.90 Å². The van der Waals surface area contributed by atoms with Crippen molar-refractivity contribution < 1.29 is 13.9 Å². The number of carbonyl (C=O) groups excluding carboxylic acids is 1. The fourth-order valence-corrected chi connectivity index (χ4v) is 1.58. The predicted octanol–water partition coefficient (Wildman–Crippen LogP) is 1.58. The van der Waals surface area contributed by atoms with Crippen LogP contribution < -0.4 is 0 Å². The molecule has 0 aromatic heterocycles. The first kappa shape index (κ1) is 10.8. The third kappa shape index (κ3) is 2.38. The maximum absolute atomic E-state index is 13.8. The molecule has 1 fully saturated rings. The molecule has 1 aliphatic rings. The van der Waals surface area contributed by atoms with Gasteiger partial charge in [0.1, 0.15) is 5.67 Å². The predicted molar refractivity (Wildman–Crippen MR) is 50.5 cm³/mol. The van der Waals surface area contributed by atoms with Gasteiger partial charge in [-0.05, 0) is 0 Å². The smallest absolute Gasteiger partial charge is 0.409 e. The zero-order chi connectivity index (χ0) is 10.6.